The minimum atomic E-state index is 0.163. The number of piperidine rings is 1. The van der Waals surface area contributed by atoms with E-state index in [-0.39, 0.29) is 11.8 Å². The van der Waals surface area contributed by atoms with Crippen molar-refractivity contribution in [3.8, 4) is 0 Å². The highest BCUT2D eigenvalue weighted by molar-refractivity contribution is 5.78. The van der Waals surface area contributed by atoms with Gasteiger partial charge in [-0.3, -0.25) is 4.79 Å². The highest BCUT2D eigenvalue weighted by atomic mass is 16.5. The Morgan fingerprint density at radius 1 is 1.50 bits per heavy atom. The summed E-state index contributed by atoms with van der Waals surface area (Å²) in [7, 11) is 3.58. The molecule has 0 saturated carbocycles. The van der Waals surface area contributed by atoms with Gasteiger partial charge in [-0.2, -0.15) is 0 Å². The van der Waals surface area contributed by atoms with Gasteiger partial charge >= 0.3 is 0 Å². The summed E-state index contributed by atoms with van der Waals surface area (Å²) < 4.78 is 4.98. The van der Waals surface area contributed by atoms with E-state index in [0.29, 0.717) is 5.92 Å². The van der Waals surface area contributed by atoms with Crippen LogP contribution in [0, 0.1) is 11.8 Å². The van der Waals surface area contributed by atoms with Crippen LogP contribution >= 0.6 is 0 Å². The molecule has 1 aliphatic rings. The van der Waals surface area contributed by atoms with E-state index in [1.807, 2.05) is 11.9 Å². The van der Waals surface area contributed by atoms with E-state index in [2.05, 4.69) is 12.2 Å². The first-order chi connectivity index (χ1) is 7.65. The van der Waals surface area contributed by atoms with Gasteiger partial charge in [-0.15, -0.1) is 0 Å². The van der Waals surface area contributed by atoms with Crippen molar-refractivity contribution in [3.63, 3.8) is 0 Å². The van der Waals surface area contributed by atoms with E-state index in [0.717, 1.165) is 39.1 Å². The zero-order valence-electron chi connectivity index (χ0n) is 10.7. The Labute approximate surface area is 98.3 Å². The van der Waals surface area contributed by atoms with Crippen LogP contribution in [0.2, 0.25) is 0 Å². The second kappa shape index (κ2) is 6.86. The minimum Gasteiger partial charge on any atom is -0.385 e. The molecule has 0 aromatic heterocycles. The lowest BCUT2D eigenvalue weighted by Crippen LogP contribution is -2.44. The molecule has 0 aromatic rings. The number of nitrogens with zero attached hydrogens (tertiary/aromatic N) is 1. The van der Waals surface area contributed by atoms with E-state index >= 15 is 0 Å². The smallest absolute Gasteiger partial charge is 0.226 e. The van der Waals surface area contributed by atoms with Crippen molar-refractivity contribution in [1.82, 2.24) is 10.2 Å². The molecule has 16 heavy (non-hydrogen) atoms. The van der Waals surface area contributed by atoms with E-state index in [1.54, 1.807) is 7.11 Å². The maximum absolute atomic E-state index is 12.1. The third-order valence-electron chi connectivity index (χ3n) is 3.14. The minimum absolute atomic E-state index is 0.163. The number of amides is 1. The maximum atomic E-state index is 12.1. The van der Waals surface area contributed by atoms with Crippen molar-refractivity contribution < 1.29 is 9.53 Å². The van der Waals surface area contributed by atoms with E-state index in [1.165, 1.54) is 0 Å². The Bertz CT molecular complexity index is 221. The predicted octanol–water partition coefficient (Wildman–Crippen LogP) is 0.727. The van der Waals surface area contributed by atoms with Crippen LogP contribution in [-0.4, -0.2) is 51.2 Å². The van der Waals surface area contributed by atoms with Crippen molar-refractivity contribution in [2.24, 2.45) is 11.8 Å². The highest BCUT2D eigenvalue weighted by Gasteiger charge is 2.26. The van der Waals surface area contributed by atoms with Gasteiger partial charge in [0.15, 0.2) is 0 Å². The maximum Gasteiger partial charge on any atom is 0.226 e. The molecule has 1 fully saturated rings. The first-order valence-corrected chi connectivity index (χ1v) is 6.09. The average Bonchev–Trinajstić information content (AvgIpc) is 2.28. The zero-order chi connectivity index (χ0) is 12.0. The van der Waals surface area contributed by atoms with Gasteiger partial charge in [0.1, 0.15) is 0 Å². The average molecular weight is 228 g/mol. The lowest BCUT2D eigenvalue weighted by molar-refractivity contribution is -0.135. The van der Waals surface area contributed by atoms with Gasteiger partial charge in [0.25, 0.3) is 0 Å². The number of hydrogen-bond donors (Lipinski definition) is 1. The number of methoxy groups -OCH3 is 1. The van der Waals surface area contributed by atoms with Crippen LogP contribution in [0.5, 0.6) is 0 Å². The quantitative estimate of drug-likeness (QED) is 0.705. The summed E-state index contributed by atoms with van der Waals surface area (Å²) in [5.74, 6) is 1.04. The first-order valence-electron chi connectivity index (χ1n) is 6.09. The SMILES string of the molecule is COCCCN(C)C(=O)C1CNCC(C)C1. The molecule has 1 aliphatic heterocycles. The zero-order valence-corrected chi connectivity index (χ0v) is 10.7. The first kappa shape index (κ1) is 13.5. The van der Waals surface area contributed by atoms with Crippen LogP contribution in [0.4, 0.5) is 0 Å². The molecule has 1 N–H and O–H groups in total. The summed E-state index contributed by atoms with van der Waals surface area (Å²) in [4.78, 5) is 13.9. The molecule has 1 rings (SSSR count). The van der Waals surface area contributed by atoms with Gasteiger partial charge < -0.3 is 15.0 Å². The van der Waals surface area contributed by atoms with Crippen LogP contribution < -0.4 is 5.32 Å². The molecule has 1 saturated heterocycles. The molecule has 94 valence electrons. The van der Waals surface area contributed by atoms with Crippen molar-refractivity contribution in [1.29, 1.82) is 0 Å². The van der Waals surface area contributed by atoms with E-state index < -0.39 is 0 Å². The monoisotopic (exact) mass is 228 g/mol. The number of rotatable bonds is 5. The van der Waals surface area contributed by atoms with Gasteiger partial charge in [0.2, 0.25) is 5.91 Å². The third kappa shape index (κ3) is 4.10. The Morgan fingerprint density at radius 2 is 2.25 bits per heavy atom. The van der Waals surface area contributed by atoms with Crippen LogP contribution in [0.25, 0.3) is 0 Å². The lowest BCUT2D eigenvalue weighted by Gasteiger charge is -2.30. The Hall–Kier alpha value is -0.610. The van der Waals surface area contributed by atoms with Crippen LogP contribution in [-0.2, 0) is 9.53 Å². The molecule has 0 aliphatic carbocycles. The fourth-order valence-electron chi connectivity index (χ4n) is 2.21. The van der Waals surface area contributed by atoms with Crippen LogP contribution in [0.3, 0.4) is 0 Å². The summed E-state index contributed by atoms with van der Waals surface area (Å²) in [5, 5.41) is 3.32. The number of hydrogen-bond acceptors (Lipinski definition) is 3. The molecule has 0 radical (unpaired) electrons. The summed E-state index contributed by atoms with van der Waals surface area (Å²) in [6.07, 6.45) is 1.93. The standard InChI is InChI=1S/C12H24N2O2/c1-10-7-11(9-13-8-10)12(15)14(2)5-4-6-16-3/h10-11,13H,4-9H2,1-3H3. The Balaban J connectivity index is 2.31. The molecule has 1 heterocycles. The largest absolute Gasteiger partial charge is 0.385 e. The second-order valence-electron chi connectivity index (χ2n) is 4.80. The van der Waals surface area contributed by atoms with Gasteiger partial charge in [0, 0.05) is 33.9 Å². The van der Waals surface area contributed by atoms with Crippen molar-refractivity contribution >= 4 is 5.91 Å². The number of carbonyl (C=O) groups is 1. The molecule has 2 unspecified atom stereocenters. The fourth-order valence-corrected chi connectivity index (χ4v) is 2.21. The predicted molar refractivity (Wildman–Crippen MR) is 64.3 cm³/mol. The number of ether oxygens (including phenoxy) is 1. The normalized spacial score (nSPS) is 25.4. The number of nitrogens with one attached hydrogen (secondary N) is 1. The van der Waals surface area contributed by atoms with Gasteiger partial charge in [-0.05, 0) is 25.3 Å². The molecule has 4 nitrogen and oxygen atoms in total. The summed E-state index contributed by atoms with van der Waals surface area (Å²) in [6.45, 7) is 5.57. The Kier molecular flexibility index (Phi) is 5.77. The fraction of sp³-hybridized carbons (Fsp3) is 0.917. The molecule has 0 spiro atoms. The van der Waals surface area contributed by atoms with Gasteiger partial charge in [-0.1, -0.05) is 6.92 Å². The summed E-state index contributed by atoms with van der Waals surface area (Å²) in [5.41, 5.74) is 0. The second-order valence-corrected chi connectivity index (χ2v) is 4.80. The molecule has 0 aromatic carbocycles. The highest BCUT2D eigenvalue weighted by Crippen LogP contribution is 2.17. The molecule has 1 amide bonds. The van der Waals surface area contributed by atoms with Crippen LogP contribution in [0.1, 0.15) is 19.8 Å². The van der Waals surface area contributed by atoms with Crippen molar-refractivity contribution in [2.45, 2.75) is 19.8 Å². The van der Waals surface area contributed by atoms with Crippen molar-refractivity contribution in [3.05, 3.63) is 0 Å². The summed E-state index contributed by atoms with van der Waals surface area (Å²) >= 11 is 0. The van der Waals surface area contributed by atoms with Crippen molar-refractivity contribution in [2.75, 3.05) is 40.4 Å². The van der Waals surface area contributed by atoms with Gasteiger partial charge in [0.05, 0.1) is 5.92 Å². The van der Waals surface area contributed by atoms with Crippen LogP contribution in [0.15, 0.2) is 0 Å². The summed E-state index contributed by atoms with van der Waals surface area (Å²) in [6, 6.07) is 0. The molecular formula is C12H24N2O2. The Morgan fingerprint density at radius 3 is 2.88 bits per heavy atom. The molecule has 2 atom stereocenters. The molecular weight excluding hydrogens is 204 g/mol. The topological polar surface area (TPSA) is 41.6 Å². The lowest BCUT2D eigenvalue weighted by atomic mass is 9.91. The van der Waals surface area contributed by atoms with E-state index in [9.17, 15) is 4.79 Å². The van der Waals surface area contributed by atoms with Gasteiger partial charge in [-0.25, -0.2) is 0 Å². The molecule has 0 bridgehead atoms. The molecule has 4 heteroatoms. The van der Waals surface area contributed by atoms with E-state index in [4.69, 9.17) is 4.74 Å². The number of carbonyl (C=O) groups excluding carboxylic acids is 1. The third-order valence-corrected chi connectivity index (χ3v) is 3.14.